The molecule has 0 bridgehead atoms. The van der Waals surface area contributed by atoms with E-state index in [1.165, 1.54) is 11.0 Å². The van der Waals surface area contributed by atoms with Crippen LogP contribution < -0.4 is 15.6 Å². The van der Waals surface area contributed by atoms with Gasteiger partial charge in [-0.1, -0.05) is 19.1 Å². The summed E-state index contributed by atoms with van der Waals surface area (Å²) in [5.74, 6) is 0.613. The number of likely N-dealkylation sites (N-methyl/N-ethyl adjacent to an activating group) is 1. The number of ether oxygens (including phenoxy) is 1. The Kier molecular flexibility index (Phi) is 6.72. The molecule has 1 saturated heterocycles. The third kappa shape index (κ3) is 4.61. The highest BCUT2D eigenvalue weighted by Gasteiger charge is 2.23. The summed E-state index contributed by atoms with van der Waals surface area (Å²) < 4.78 is 7.03. The quantitative estimate of drug-likeness (QED) is 0.538. The molecule has 2 N–H and O–H groups in total. The summed E-state index contributed by atoms with van der Waals surface area (Å²) in [6.07, 6.45) is 2.27. The van der Waals surface area contributed by atoms with E-state index in [1.807, 2.05) is 24.3 Å². The lowest BCUT2D eigenvalue weighted by molar-refractivity contribution is 0.0941. The third-order valence-corrected chi connectivity index (χ3v) is 6.47. The molecule has 1 atom stereocenters. The number of aromatic nitrogens is 2. The number of carbonyl (C=O) groups excluding carboxylic acids is 1. The second-order valence-corrected chi connectivity index (χ2v) is 8.45. The van der Waals surface area contributed by atoms with Gasteiger partial charge in [-0.05, 0) is 74.0 Å². The van der Waals surface area contributed by atoms with Crippen LogP contribution >= 0.6 is 12.2 Å². The smallest absolute Gasteiger partial charge is 0.262 e. The van der Waals surface area contributed by atoms with Crippen molar-refractivity contribution in [2.45, 2.75) is 32.4 Å². The van der Waals surface area contributed by atoms with Crippen molar-refractivity contribution in [3.8, 4) is 5.75 Å². The van der Waals surface area contributed by atoms with Crippen LogP contribution in [0, 0.1) is 4.77 Å². The van der Waals surface area contributed by atoms with Gasteiger partial charge in [-0.15, -0.1) is 0 Å². The lowest BCUT2D eigenvalue weighted by atomic mass is 10.1. The number of methoxy groups -OCH3 is 1. The summed E-state index contributed by atoms with van der Waals surface area (Å²) in [5, 5.41) is 3.54. The number of carbonyl (C=O) groups is 1. The van der Waals surface area contributed by atoms with E-state index in [2.05, 4.69) is 22.1 Å². The summed E-state index contributed by atoms with van der Waals surface area (Å²) in [5.41, 5.74) is 1.83. The number of amides is 1. The Morgan fingerprint density at radius 2 is 2.03 bits per heavy atom. The van der Waals surface area contributed by atoms with Crippen LogP contribution in [-0.4, -0.2) is 53.1 Å². The summed E-state index contributed by atoms with van der Waals surface area (Å²) in [6.45, 7) is 5.21. The molecule has 0 spiro atoms. The summed E-state index contributed by atoms with van der Waals surface area (Å²) in [4.78, 5) is 31.3. The molecule has 1 amide bonds. The van der Waals surface area contributed by atoms with E-state index < -0.39 is 0 Å². The molecule has 4 rings (SSSR count). The van der Waals surface area contributed by atoms with Gasteiger partial charge in [-0.3, -0.25) is 19.1 Å². The number of hydrogen-bond donors (Lipinski definition) is 2. The molecule has 1 fully saturated rings. The van der Waals surface area contributed by atoms with Crippen LogP contribution in [0.1, 0.15) is 35.7 Å². The molecule has 2 aromatic carbocycles. The minimum Gasteiger partial charge on any atom is -0.497 e. The van der Waals surface area contributed by atoms with Crippen LogP contribution in [0.2, 0.25) is 0 Å². The molecule has 0 radical (unpaired) electrons. The van der Waals surface area contributed by atoms with Crippen LogP contribution in [0.4, 0.5) is 0 Å². The van der Waals surface area contributed by atoms with Crippen molar-refractivity contribution in [3.05, 3.63) is 68.7 Å². The van der Waals surface area contributed by atoms with Gasteiger partial charge in [0.1, 0.15) is 5.75 Å². The first kappa shape index (κ1) is 22.2. The second-order valence-electron chi connectivity index (χ2n) is 8.06. The number of hydrogen-bond acceptors (Lipinski definition) is 5. The largest absolute Gasteiger partial charge is 0.497 e. The number of fused-ring (bicyclic) bond motifs is 1. The molecule has 0 saturated carbocycles. The average molecular weight is 453 g/mol. The van der Waals surface area contributed by atoms with E-state index in [1.54, 1.807) is 25.3 Å². The van der Waals surface area contributed by atoms with Crippen molar-refractivity contribution < 1.29 is 9.53 Å². The first-order valence-corrected chi connectivity index (χ1v) is 11.3. The van der Waals surface area contributed by atoms with Gasteiger partial charge in [-0.25, -0.2) is 0 Å². The van der Waals surface area contributed by atoms with Crippen molar-refractivity contribution in [2.75, 3.05) is 26.7 Å². The van der Waals surface area contributed by atoms with E-state index in [4.69, 9.17) is 17.0 Å². The fourth-order valence-electron chi connectivity index (χ4n) is 4.31. The fourth-order valence-corrected chi connectivity index (χ4v) is 4.57. The van der Waals surface area contributed by atoms with Gasteiger partial charge in [-0.2, -0.15) is 0 Å². The predicted molar refractivity (Wildman–Crippen MR) is 128 cm³/mol. The molecule has 32 heavy (non-hydrogen) atoms. The van der Waals surface area contributed by atoms with Crippen LogP contribution in [-0.2, 0) is 6.54 Å². The number of rotatable bonds is 7. The van der Waals surface area contributed by atoms with Crippen molar-refractivity contribution in [1.82, 2.24) is 19.8 Å². The normalized spacial score (nSPS) is 16.4. The zero-order valence-corrected chi connectivity index (χ0v) is 19.2. The van der Waals surface area contributed by atoms with Crippen LogP contribution in [0.5, 0.6) is 5.75 Å². The lowest BCUT2D eigenvalue weighted by Crippen LogP contribution is -2.40. The first-order chi connectivity index (χ1) is 15.5. The molecule has 8 heteroatoms. The van der Waals surface area contributed by atoms with Crippen molar-refractivity contribution >= 4 is 29.0 Å². The van der Waals surface area contributed by atoms with Gasteiger partial charge >= 0.3 is 0 Å². The SMILES string of the molecule is CCN1CCC[C@H]1CNC(=O)c1ccc2c(=O)n(Cc3ccc(OC)cc3)c(=S)[nH]c2c1. The molecule has 1 aliphatic rings. The Balaban J connectivity index is 1.54. The molecule has 0 unspecified atom stereocenters. The molecule has 1 aromatic heterocycles. The molecule has 3 aromatic rings. The highest BCUT2D eigenvalue weighted by molar-refractivity contribution is 7.71. The Hall–Kier alpha value is -2.97. The highest BCUT2D eigenvalue weighted by Crippen LogP contribution is 2.17. The monoisotopic (exact) mass is 452 g/mol. The minimum atomic E-state index is -0.184. The third-order valence-electron chi connectivity index (χ3n) is 6.15. The number of aromatic amines is 1. The first-order valence-electron chi connectivity index (χ1n) is 10.9. The Morgan fingerprint density at radius 1 is 1.25 bits per heavy atom. The lowest BCUT2D eigenvalue weighted by Gasteiger charge is -2.22. The fraction of sp³-hybridized carbons (Fsp3) is 0.375. The number of benzene rings is 2. The Bertz CT molecular complexity index is 1230. The van der Waals surface area contributed by atoms with Gasteiger partial charge in [0, 0.05) is 18.2 Å². The van der Waals surface area contributed by atoms with E-state index in [0.29, 0.717) is 40.4 Å². The molecular weight excluding hydrogens is 424 g/mol. The standard InChI is InChI=1S/C24H28N4O3S/c1-3-27-12-4-5-18(27)14-25-22(29)17-8-11-20-21(13-17)26-24(32)28(23(20)30)15-16-6-9-19(31-2)10-7-16/h6-11,13,18H,3-5,12,14-15H2,1-2H3,(H,25,29)(H,26,32)/t18-/m0/s1. The van der Waals surface area contributed by atoms with Gasteiger partial charge in [0.15, 0.2) is 4.77 Å². The van der Waals surface area contributed by atoms with Gasteiger partial charge in [0.2, 0.25) is 0 Å². The maximum absolute atomic E-state index is 13.1. The topological polar surface area (TPSA) is 79.4 Å². The zero-order valence-electron chi connectivity index (χ0n) is 18.4. The predicted octanol–water partition coefficient (Wildman–Crippen LogP) is 3.33. The highest BCUT2D eigenvalue weighted by atomic mass is 32.1. The summed E-state index contributed by atoms with van der Waals surface area (Å²) >= 11 is 5.45. The van der Waals surface area contributed by atoms with Gasteiger partial charge < -0.3 is 15.0 Å². The van der Waals surface area contributed by atoms with E-state index in [9.17, 15) is 9.59 Å². The molecule has 7 nitrogen and oxygen atoms in total. The van der Waals surface area contributed by atoms with Crippen molar-refractivity contribution in [3.63, 3.8) is 0 Å². The Labute approximate surface area is 192 Å². The zero-order chi connectivity index (χ0) is 22.7. The van der Waals surface area contributed by atoms with Crippen LogP contribution in [0.25, 0.3) is 10.9 Å². The van der Waals surface area contributed by atoms with E-state index in [0.717, 1.165) is 30.8 Å². The van der Waals surface area contributed by atoms with Crippen molar-refractivity contribution in [1.29, 1.82) is 0 Å². The van der Waals surface area contributed by atoms with Gasteiger partial charge in [0.25, 0.3) is 11.5 Å². The molecule has 1 aliphatic heterocycles. The number of likely N-dealkylation sites (tertiary alicyclic amines) is 1. The van der Waals surface area contributed by atoms with Crippen LogP contribution in [0.3, 0.4) is 0 Å². The molecule has 0 aliphatic carbocycles. The minimum absolute atomic E-state index is 0.142. The van der Waals surface area contributed by atoms with Gasteiger partial charge in [0.05, 0.1) is 24.6 Å². The second kappa shape index (κ2) is 9.67. The maximum atomic E-state index is 13.1. The summed E-state index contributed by atoms with van der Waals surface area (Å²) in [6, 6.07) is 13.0. The Morgan fingerprint density at radius 3 is 2.75 bits per heavy atom. The average Bonchev–Trinajstić information content (AvgIpc) is 3.28. The summed E-state index contributed by atoms with van der Waals surface area (Å²) in [7, 11) is 1.61. The van der Waals surface area contributed by atoms with E-state index >= 15 is 0 Å². The number of nitrogens with zero attached hydrogens (tertiary/aromatic N) is 2. The molecular formula is C24H28N4O3S. The number of H-pyrrole nitrogens is 1. The van der Waals surface area contributed by atoms with Crippen molar-refractivity contribution in [2.24, 2.45) is 0 Å². The van der Waals surface area contributed by atoms with Crippen LogP contribution in [0.15, 0.2) is 47.3 Å². The molecule has 168 valence electrons. The molecule has 2 heterocycles. The number of nitrogens with one attached hydrogen (secondary N) is 2. The van der Waals surface area contributed by atoms with E-state index in [-0.39, 0.29) is 11.5 Å². The maximum Gasteiger partial charge on any atom is 0.262 e.